The van der Waals surface area contributed by atoms with E-state index < -0.39 is 51.0 Å². The Balaban J connectivity index is 2.13. The molecule has 0 fully saturated rings. The van der Waals surface area contributed by atoms with E-state index in [9.17, 15) is 35.2 Å². The minimum Gasteiger partial charge on any atom is -0.379 e. The molecule has 11 heteroatoms. The van der Waals surface area contributed by atoms with Gasteiger partial charge in [-0.1, -0.05) is 0 Å². The average Bonchev–Trinajstić information content (AvgIpc) is 2.55. The highest BCUT2D eigenvalue weighted by Gasteiger charge is 2.28. The zero-order valence-corrected chi connectivity index (χ0v) is 13.5. The Kier molecular flexibility index (Phi) is 5.50. The van der Waals surface area contributed by atoms with Crippen LogP contribution in [0.3, 0.4) is 0 Å². The smallest absolute Gasteiger partial charge is 0.379 e. The summed E-state index contributed by atoms with van der Waals surface area (Å²) in [5.74, 6) is -4.03. The van der Waals surface area contributed by atoms with Gasteiger partial charge in [-0.05, 0) is 36.4 Å². The fourth-order valence-corrected chi connectivity index (χ4v) is 2.68. The summed E-state index contributed by atoms with van der Waals surface area (Å²) in [6.07, 6.45) is -4.59. The van der Waals surface area contributed by atoms with Gasteiger partial charge in [-0.15, -0.1) is 0 Å². The number of alkyl halides is 3. The van der Waals surface area contributed by atoms with E-state index in [4.69, 9.17) is 0 Å². The molecule has 26 heavy (non-hydrogen) atoms. The summed E-state index contributed by atoms with van der Waals surface area (Å²) in [4.78, 5) is 11.1. The molecule has 5 nitrogen and oxygen atoms in total. The van der Waals surface area contributed by atoms with Gasteiger partial charge in [-0.25, -0.2) is 8.78 Å². The van der Waals surface area contributed by atoms with Crippen molar-refractivity contribution in [1.82, 2.24) is 5.32 Å². The lowest BCUT2D eigenvalue weighted by Gasteiger charge is -2.09. The molecule has 0 bridgehead atoms. The summed E-state index contributed by atoms with van der Waals surface area (Å²) in [6.45, 7) is -1.54. The second-order valence-corrected chi connectivity index (χ2v) is 6.48. The minimum atomic E-state index is -4.59. The van der Waals surface area contributed by atoms with Gasteiger partial charge in [-0.2, -0.15) is 21.6 Å². The molecular weight excluding hydrogens is 385 g/mol. The van der Waals surface area contributed by atoms with Crippen LogP contribution in [0.1, 0.15) is 10.4 Å². The lowest BCUT2D eigenvalue weighted by Crippen LogP contribution is -2.33. The molecule has 1 amide bonds. The molecule has 0 atom stereocenters. The maximum atomic E-state index is 13.1. The van der Waals surface area contributed by atoms with Crippen molar-refractivity contribution in [1.29, 1.82) is 0 Å². The highest BCUT2D eigenvalue weighted by molar-refractivity contribution is 7.87. The number of halogens is 5. The molecule has 2 aromatic rings. The zero-order chi connectivity index (χ0) is 19.5. The maximum absolute atomic E-state index is 13.1. The fraction of sp³-hybridized carbons (Fsp3) is 0.133. The first-order valence-corrected chi connectivity index (χ1v) is 8.23. The standard InChI is InChI=1S/C15H10F5NO4S/c16-12-6-3-10(7-13(12)17)25-26(23,24)11-4-1-9(2-5-11)14(22)21-8-15(18,19)20/h1-7H,8H2,(H,21,22). The van der Waals surface area contributed by atoms with Crippen LogP contribution < -0.4 is 9.50 Å². The van der Waals surface area contributed by atoms with Gasteiger partial charge in [0.15, 0.2) is 11.6 Å². The number of carbonyl (C=O) groups excluding carboxylic acids is 1. The third-order valence-corrected chi connectivity index (χ3v) is 4.21. The van der Waals surface area contributed by atoms with Crippen LogP contribution in [0, 0.1) is 11.6 Å². The van der Waals surface area contributed by atoms with E-state index >= 15 is 0 Å². The van der Waals surface area contributed by atoms with Gasteiger partial charge in [0.2, 0.25) is 0 Å². The number of benzene rings is 2. The summed E-state index contributed by atoms with van der Waals surface area (Å²) in [7, 11) is -4.42. The molecule has 0 saturated carbocycles. The topological polar surface area (TPSA) is 72.5 Å². The quantitative estimate of drug-likeness (QED) is 0.624. The van der Waals surface area contributed by atoms with E-state index in [2.05, 4.69) is 4.18 Å². The second-order valence-electron chi connectivity index (χ2n) is 4.94. The molecule has 0 aliphatic carbocycles. The fourth-order valence-electron chi connectivity index (χ4n) is 1.76. The predicted octanol–water partition coefficient (Wildman–Crippen LogP) is 3.02. The van der Waals surface area contributed by atoms with Crippen LogP contribution in [-0.4, -0.2) is 27.0 Å². The van der Waals surface area contributed by atoms with Crippen molar-refractivity contribution in [2.24, 2.45) is 0 Å². The third kappa shape index (κ3) is 5.15. The van der Waals surface area contributed by atoms with Gasteiger partial charge < -0.3 is 9.50 Å². The zero-order valence-electron chi connectivity index (χ0n) is 12.7. The first-order valence-electron chi connectivity index (χ1n) is 6.82. The van der Waals surface area contributed by atoms with Gasteiger partial charge in [-0.3, -0.25) is 4.79 Å². The van der Waals surface area contributed by atoms with E-state index in [0.29, 0.717) is 12.1 Å². The van der Waals surface area contributed by atoms with Crippen molar-refractivity contribution in [3.05, 3.63) is 59.7 Å². The van der Waals surface area contributed by atoms with Crippen LogP contribution in [0.15, 0.2) is 47.4 Å². The first-order chi connectivity index (χ1) is 12.0. The molecule has 0 aliphatic rings. The van der Waals surface area contributed by atoms with Crippen LogP contribution in [0.4, 0.5) is 22.0 Å². The summed E-state index contributed by atoms with van der Waals surface area (Å²) in [6, 6.07) is 5.92. The molecule has 0 heterocycles. The normalized spacial score (nSPS) is 11.9. The second kappa shape index (κ2) is 7.28. The largest absolute Gasteiger partial charge is 0.405 e. The molecule has 0 aliphatic heterocycles. The van der Waals surface area contributed by atoms with Gasteiger partial charge in [0.25, 0.3) is 5.91 Å². The van der Waals surface area contributed by atoms with Gasteiger partial charge in [0.05, 0.1) is 0 Å². The third-order valence-electron chi connectivity index (χ3n) is 2.95. The molecule has 0 spiro atoms. The Labute approximate surface area is 144 Å². The SMILES string of the molecule is O=C(NCC(F)(F)F)c1ccc(S(=O)(=O)Oc2ccc(F)c(F)c2)cc1. The number of carbonyl (C=O) groups is 1. The van der Waals surface area contributed by atoms with Crippen molar-refractivity contribution in [2.45, 2.75) is 11.1 Å². The average molecular weight is 395 g/mol. The molecule has 0 unspecified atom stereocenters. The molecule has 2 aromatic carbocycles. The first kappa shape index (κ1) is 19.6. The van der Waals surface area contributed by atoms with Crippen LogP contribution in [-0.2, 0) is 10.1 Å². The summed E-state index contributed by atoms with van der Waals surface area (Å²) in [5, 5.41) is 1.63. The lowest BCUT2D eigenvalue weighted by molar-refractivity contribution is -0.123. The highest BCUT2D eigenvalue weighted by atomic mass is 32.2. The molecule has 2 rings (SSSR count). The molecular formula is C15H10F5NO4S. The lowest BCUT2D eigenvalue weighted by atomic mass is 10.2. The van der Waals surface area contributed by atoms with Crippen LogP contribution in [0.5, 0.6) is 5.75 Å². The van der Waals surface area contributed by atoms with Gasteiger partial charge in [0, 0.05) is 11.6 Å². The van der Waals surface area contributed by atoms with Crippen molar-refractivity contribution in [2.75, 3.05) is 6.54 Å². The van der Waals surface area contributed by atoms with E-state index in [0.717, 1.165) is 30.3 Å². The highest BCUT2D eigenvalue weighted by Crippen LogP contribution is 2.21. The van der Waals surface area contributed by atoms with Crippen molar-refractivity contribution in [3.63, 3.8) is 0 Å². The molecule has 0 aromatic heterocycles. The number of hydrogen-bond acceptors (Lipinski definition) is 4. The monoisotopic (exact) mass is 395 g/mol. The van der Waals surface area contributed by atoms with Crippen LogP contribution in [0.25, 0.3) is 0 Å². The van der Waals surface area contributed by atoms with Crippen LogP contribution >= 0.6 is 0 Å². The van der Waals surface area contributed by atoms with Crippen LogP contribution in [0.2, 0.25) is 0 Å². The summed E-state index contributed by atoms with van der Waals surface area (Å²) < 4.78 is 90.8. The maximum Gasteiger partial charge on any atom is 0.405 e. The van der Waals surface area contributed by atoms with E-state index in [1.165, 1.54) is 0 Å². The Morgan fingerprint density at radius 3 is 2.15 bits per heavy atom. The van der Waals surface area contributed by atoms with Gasteiger partial charge >= 0.3 is 16.3 Å². The van der Waals surface area contributed by atoms with Crippen molar-refractivity contribution < 1.29 is 39.3 Å². The van der Waals surface area contributed by atoms with E-state index in [-0.39, 0.29) is 5.56 Å². The van der Waals surface area contributed by atoms with Gasteiger partial charge in [0.1, 0.15) is 17.2 Å². The van der Waals surface area contributed by atoms with Crippen molar-refractivity contribution >= 4 is 16.0 Å². The summed E-state index contributed by atoms with van der Waals surface area (Å²) >= 11 is 0. The molecule has 140 valence electrons. The van der Waals surface area contributed by atoms with Crippen molar-refractivity contribution in [3.8, 4) is 5.75 Å². The van der Waals surface area contributed by atoms with E-state index in [1.54, 1.807) is 5.32 Å². The number of rotatable bonds is 5. The predicted molar refractivity (Wildman–Crippen MR) is 79.0 cm³/mol. The molecule has 0 radical (unpaired) electrons. The molecule has 1 N–H and O–H groups in total. The van der Waals surface area contributed by atoms with E-state index in [1.807, 2.05) is 0 Å². The molecule has 0 saturated heterocycles. The minimum absolute atomic E-state index is 0.207. The Hall–Kier alpha value is -2.69. The number of hydrogen-bond donors (Lipinski definition) is 1. The summed E-state index contributed by atoms with van der Waals surface area (Å²) in [5.41, 5.74) is -0.207. The Morgan fingerprint density at radius 1 is 1.00 bits per heavy atom. The number of nitrogens with one attached hydrogen (secondary N) is 1. The number of amides is 1. The Bertz CT molecular complexity index is 911. The Morgan fingerprint density at radius 2 is 1.62 bits per heavy atom.